The molecule has 6 heteroatoms. The Morgan fingerprint density at radius 1 is 1.30 bits per heavy atom. The van der Waals surface area contributed by atoms with Gasteiger partial charge in [0.2, 0.25) is 5.91 Å². The van der Waals surface area contributed by atoms with Crippen molar-refractivity contribution in [2.75, 3.05) is 32.7 Å². The highest BCUT2D eigenvalue weighted by Crippen LogP contribution is 2.04. The van der Waals surface area contributed by atoms with E-state index in [2.05, 4.69) is 4.98 Å². The Bertz CT molecular complexity index is 494. The van der Waals surface area contributed by atoms with Gasteiger partial charge in [-0.05, 0) is 17.7 Å². The van der Waals surface area contributed by atoms with Crippen molar-refractivity contribution < 1.29 is 14.7 Å². The van der Waals surface area contributed by atoms with Gasteiger partial charge in [0.25, 0.3) is 0 Å². The van der Waals surface area contributed by atoms with Crippen LogP contribution in [0.1, 0.15) is 5.56 Å². The molecular weight excluding hydrogens is 258 g/mol. The summed E-state index contributed by atoms with van der Waals surface area (Å²) in [5.41, 5.74) is 0.880. The van der Waals surface area contributed by atoms with E-state index < -0.39 is 5.97 Å². The van der Waals surface area contributed by atoms with Crippen molar-refractivity contribution in [3.05, 3.63) is 36.2 Å². The predicted octanol–water partition coefficient (Wildman–Crippen LogP) is 0.324. The summed E-state index contributed by atoms with van der Waals surface area (Å²) < 4.78 is 0. The Morgan fingerprint density at radius 3 is 2.65 bits per heavy atom. The Morgan fingerprint density at radius 2 is 2.05 bits per heavy atom. The lowest BCUT2D eigenvalue weighted by Crippen LogP contribution is -2.49. The number of nitrogens with zero attached hydrogens (tertiary/aromatic N) is 3. The SMILES string of the molecule is O=C(O)CN1CCN(C(=O)/C=C/c2cccnc2)CC1. The molecule has 1 saturated heterocycles. The third-order valence-corrected chi connectivity index (χ3v) is 3.15. The van der Waals surface area contributed by atoms with Crippen LogP contribution in [0, 0.1) is 0 Å². The lowest BCUT2D eigenvalue weighted by molar-refractivity contribution is -0.139. The molecule has 0 aliphatic carbocycles. The number of aliphatic carboxylic acids is 1. The molecule has 0 radical (unpaired) electrons. The lowest BCUT2D eigenvalue weighted by atomic mass is 10.2. The number of aromatic nitrogens is 1. The first-order valence-electron chi connectivity index (χ1n) is 6.46. The normalized spacial score (nSPS) is 16.5. The predicted molar refractivity (Wildman–Crippen MR) is 73.9 cm³/mol. The van der Waals surface area contributed by atoms with E-state index in [0.29, 0.717) is 26.2 Å². The highest BCUT2D eigenvalue weighted by atomic mass is 16.4. The van der Waals surface area contributed by atoms with Crippen LogP contribution in [0.25, 0.3) is 6.08 Å². The second-order valence-corrected chi connectivity index (χ2v) is 4.61. The summed E-state index contributed by atoms with van der Waals surface area (Å²) >= 11 is 0. The molecule has 1 fully saturated rings. The smallest absolute Gasteiger partial charge is 0.317 e. The van der Waals surface area contributed by atoms with Crippen molar-refractivity contribution in [1.82, 2.24) is 14.8 Å². The van der Waals surface area contributed by atoms with E-state index >= 15 is 0 Å². The quantitative estimate of drug-likeness (QED) is 0.801. The lowest BCUT2D eigenvalue weighted by Gasteiger charge is -2.33. The molecule has 1 aliphatic rings. The van der Waals surface area contributed by atoms with Crippen molar-refractivity contribution in [2.24, 2.45) is 0 Å². The Balaban J connectivity index is 1.83. The van der Waals surface area contributed by atoms with Crippen molar-refractivity contribution in [1.29, 1.82) is 0 Å². The molecule has 6 nitrogen and oxygen atoms in total. The maximum Gasteiger partial charge on any atom is 0.317 e. The summed E-state index contributed by atoms with van der Waals surface area (Å²) in [5.74, 6) is -0.884. The van der Waals surface area contributed by atoms with E-state index in [9.17, 15) is 9.59 Å². The maximum absolute atomic E-state index is 12.0. The summed E-state index contributed by atoms with van der Waals surface area (Å²) in [6.07, 6.45) is 6.64. The van der Waals surface area contributed by atoms with Crippen LogP contribution in [-0.4, -0.2) is 64.5 Å². The second kappa shape index (κ2) is 6.81. The molecule has 1 aromatic heterocycles. The number of amides is 1. The Kier molecular flexibility index (Phi) is 4.84. The molecular formula is C14H17N3O3. The third kappa shape index (κ3) is 4.17. The van der Waals surface area contributed by atoms with E-state index in [1.54, 1.807) is 23.4 Å². The number of hydrogen-bond acceptors (Lipinski definition) is 4. The monoisotopic (exact) mass is 275 g/mol. The van der Waals surface area contributed by atoms with Crippen LogP contribution in [-0.2, 0) is 9.59 Å². The molecule has 0 bridgehead atoms. The first kappa shape index (κ1) is 14.2. The molecule has 0 atom stereocenters. The standard InChI is InChI=1S/C14H17N3O3/c18-13(4-3-12-2-1-5-15-10-12)17-8-6-16(7-9-17)11-14(19)20/h1-5,10H,6-9,11H2,(H,19,20)/b4-3+. The number of carboxylic acid groups (broad SMARTS) is 1. The van der Waals surface area contributed by atoms with Crippen LogP contribution in [0.2, 0.25) is 0 Å². The summed E-state index contributed by atoms with van der Waals surface area (Å²) in [5, 5.41) is 8.71. The molecule has 1 amide bonds. The van der Waals surface area contributed by atoms with Crippen LogP contribution in [0.15, 0.2) is 30.6 Å². The molecule has 106 valence electrons. The fraction of sp³-hybridized carbons (Fsp3) is 0.357. The summed E-state index contributed by atoms with van der Waals surface area (Å²) in [6, 6.07) is 3.69. The number of carboxylic acids is 1. The van der Waals surface area contributed by atoms with Gasteiger partial charge >= 0.3 is 5.97 Å². The van der Waals surface area contributed by atoms with Crippen molar-refractivity contribution in [3.8, 4) is 0 Å². The van der Waals surface area contributed by atoms with Gasteiger partial charge in [-0.15, -0.1) is 0 Å². The second-order valence-electron chi connectivity index (χ2n) is 4.61. The fourth-order valence-electron chi connectivity index (χ4n) is 2.07. The van der Waals surface area contributed by atoms with Crippen molar-refractivity contribution in [2.45, 2.75) is 0 Å². The number of pyridine rings is 1. The fourth-order valence-corrected chi connectivity index (χ4v) is 2.07. The summed E-state index contributed by atoms with van der Waals surface area (Å²) in [7, 11) is 0. The van der Waals surface area contributed by atoms with Crippen molar-refractivity contribution >= 4 is 18.0 Å². The molecule has 2 heterocycles. The van der Waals surface area contributed by atoms with Gasteiger partial charge in [0.05, 0.1) is 6.54 Å². The van der Waals surface area contributed by atoms with Gasteiger partial charge in [-0.25, -0.2) is 0 Å². The zero-order valence-corrected chi connectivity index (χ0v) is 11.1. The van der Waals surface area contributed by atoms with Gasteiger partial charge in [-0.2, -0.15) is 0 Å². The van der Waals surface area contributed by atoms with Gasteiger partial charge in [-0.3, -0.25) is 19.5 Å². The zero-order valence-electron chi connectivity index (χ0n) is 11.1. The Hall–Kier alpha value is -2.21. The third-order valence-electron chi connectivity index (χ3n) is 3.15. The topological polar surface area (TPSA) is 73.7 Å². The molecule has 1 N–H and O–H groups in total. The summed E-state index contributed by atoms with van der Waals surface area (Å²) in [4.78, 5) is 30.1. The first-order valence-corrected chi connectivity index (χ1v) is 6.46. The molecule has 20 heavy (non-hydrogen) atoms. The molecule has 1 aliphatic heterocycles. The first-order chi connectivity index (χ1) is 9.65. The largest absolute Gasteiger partial charge is 0.480 e. The molecule has 0 spiro atoms. The van der Waals surface area contributed by atoms with E-state index in [0.717, 1.165) is 5.56 Å². The average Bonchev–Trinajstić information content (AvgIpc) is 2.46. The van der Waals surface area contributed by atoms with Gasteiger partial charge in [0, 0.05) is 44.6 Å². The molecule has 0 saturated carbocycles. The van der Waals surface area contributed by atoms with Gasteiger partial charge in [-0.1, -0.05) is 6.07 Å². The van der Waals surface area contributed by atoms with Gasteiger partial charge in [0.15, 0.2) is 0 Å². The average molecular weight is 275 g/mol. The molecule has 0 aromatic carbocycles. The van der Waals surface area contributed by atoms with Crippen LogP contribution in [0.3, 0.4) is 0 Å². The molecule has 2 rings (SSSR count). The minimum absolute atomic E-state index is 0.0353. The van der Waals surface area contributed by atoms with Crippen LogP contribution >= 0.6 is 0 Å². The minimum Gasteiger partial charge on any atom is -0.480 e. The van der Waals surface area contributed by atoms with Crippen LogP contribution in [0.4, 0.5) is 0 Å². The van der Waals surface area contributed by atoms with Crippen LogP contribution < -0.4 is 0 Å². The molecule has 0 unspecified atom stereocenters. The zero-order chi connectivity index (χ0) is 14.4. The summed E-state index contributed by atoms with van der Waals surface area (Å²) in [6.45, 7) is 2.35. The van der Waals surface area contributed by atoms with E-state index in [1.807, 2.05) is 17.0 Å². The van der Waals surface area contributed by atoms with E-state index in [-0.39, 0.29) is 12.5 Å². The number of carbonyl (C=O) groups excluding carboxylic acids is 1. The van der Waals surface area contributed by atoms with Crippen LogP contribution in [0.5, 0.6) is 0 Å². The number of rotatable bonds is 4. The molecule has 1 aromatic rings. The Labute approximate surface area is 117 Å². The van der Waals surface area contributed by atoms with Gasteiger partial charge in [0.1, 0.15) is 0 Å². The number of carbonyl (C=O) groups is 2. The number of hydrogen-bond donors (Lipinski definition) is 1. The highest BCUT2D eigenvalue weighted by molar-refractivity contribution is 5.91. The van der Waals surface area contributed by atoms with E-state index in [1.165, 1.54) is 6.08 Å². The number of piperazine rings is 1. The minimum atomic E-state index is -0.832. The van der Waals surface area contributed by atoms with E-state index in [4.69, 9.17) is 5.11 Å². The van der Waals surface area contributed by atoms with Gasteiger partial charge < -0.3 is 10.0 Å². The van der Waals surface area contributed by atoms with Crippen molar-refractivity contribution in [3.63, 3.8) is 0 Å². The maximum atomic E-state index is 12.0. The highest BCUT2D eigenvalue weighted by Gasteiger charge is 2.20.